The van der Waals surface area contributed by atoms with Crippen LogP contribution in [0.5, 0.6) is 0 Å². The molecule has 1 amide bonds. The molecule has 0 aliphatic carbocycles. The standard InChI is InChI=1S/C18H19N3O2/c1-4-21(13(2)15-7-5-14(12-19)6-8-15)18(23)16-9-10-20(3)17(22)11-16/h5-11,13H,4H2,1-3H3. The van der Waals surface area contributed by atoms with Gasteiger partial charge in [-0.15, -0.1) is 0 Å². The van der Waals surface area contributed by atoms with Gasteiger partial charge in [-0.2, -0.15) is 5.26 Å². The van der Waals surface area contributed by atoms with Gasteiger partial charge in [-0.05, 0) is 37.6 Å². The van der Waals surface area contributed by atoms with Crippen molar-refractivity contribution in [1.82, 2.24) is 9.47 Å². The first kappa shape index (κ1) is 16.5. The Hall–Kier alpha value is -2.87. The molecule has 1 aromatic carbocycles. The molecule has 0 radical (unpaired) electrons. The lowest BCUT2D eigenvalue weighted by molar-refractivity contribution is 0.0702. The van der Waals surface area contributed by atoms with E-state index in [2.05, 4.69) is 6.07 Å². The molecular weight excluding hydrogens is 290 g/mol. The molecule has 0 aliphatic heterocycles. The number of nitrogens with zero attached hydrogens (tertiary/aromatic N) is 3. The SMILES string of the molecule is CCN(C(=O)c1ccn(C)c(=O)c1)C(C)c1ccc(C#N)cc1. The zero-order valence-corrected chi connectivity index (χ0v) is 13.5. The largest absolute Gasteiger partial charge is 0.332 e. The molecule has 2 aromatic rings. The van der Waals surface area contributed by atoms with E-state index in [9.17, 15) is 9.59 Å². The summed E-state index contributed by atoms with van der Waals surface area (Å²) in [7, 11) is 1.65. The minimum atomic E-state index is -0.210. The summed E-state index contributed by atoms with van der Waals surface area (Å²) in [5, 5.41) is 8.86. The molecular formula is C18H19N3O2. The van der Waals surface area contributed by atoms with Crippen LogP contribution in [-0.4, -0.2) is 21.9 Å². The quantitative estimate of drug-likeness (QED) is 0.871. The number of carbonyl (C=O) groups is 1. The van der Waals surface area contributed by atoms with E-state index >= 15 is 0 Å². The number of nitriles is 1. The fourth-order valence-corrected chi connectivity index (χ4v) is 2.46. The van der Waals surface area contributed by atoms with Crippen molar-refractivity contribution in [2.75, 3.05) is 6.54 Å². The van der Waals surface area contributed by atoms with Gasteiger partial charge in [-0.25, -0.2) is 0 Å². The van der Waals surface area contributed by atoms with Gasteiger partial charge >= 0.3 is 0 Å². The van der Waals surface area contributed by atoms with E-state index in [1.165, 1.54) is 10.6 Å². The van der Waals surface area contributed by atoms with Crippen LogP contribution in [0.3, 0.4) is 0 Å². The van der Waals surface area contributed by atoms with E-state index in [4.69, 9.17) is 5.26 Å². The van der Waals surface area contributed by atoms with Gasteiger partial charge in [0.15, 0.2) is 0 Å². The maximum Gasteiger partial charge on any atom is 0.254 e. The Labute approximate surface area is 135 Å². The normalized spacial score (nSPS) is 11.6. The summed E-state index contributed by atoms with van der Waals surface area (Å²) < 4.78 is 1.43. The van der Waals surface area contributed by atoms with Crippen LogP contribution >= 0.6 is 0 Å². The Morgan fingerprint density at radius 2 is 1.96 bits per heavy atom. The number of pyridine rings is 1. The van der Waals surface area contributed by atoms with Gasteiger partial charge in [0.1, 0.15) is 0 Å². The number of amides is 1. The van der Waals surface area contributed by atoms with Gasteiger partial charge < -0.3 is 9.47 Å². The maximum absolute atomic E-state index is 12.7. The molecule has 0 N–H and O–H groups in total. The number of hydrogen-bond donors (Lipinski definition) is 0. The molecule has 1 atom stereocenters. The van der Waals surface area contributed by atoms with E-state index in [0.717, 1.165) is 5.56 Å². The molecule has 0 spiro atoms. The third kappa shape index (κ3) is 3.49. The molecule has 1 unspecified atom stereocenters. The third-order valence-corrected chi connectivity index (χ3v) is 3.94. The average Bonchev–Trinajstić information content (AvgIpc) is 2.57. The highest BCUT2D eigenvalue weighted by molar-refractivity contribution is 5.94. The van der Waals surface area contributed by atoms with Gasteiger partial charge in [0.25, 0.3) is 11.5 Å². The van der Waals surface area contributed by atoms with Gasteiger partial charge in [0.2, 0.25) is 0 Å². The molecule has 23 heavy (non-hydrogen) atoms. The van der Waals surface area contributed by atoms with Crippen LogP contribution in [0, 0.1) is 11.3 Å². The number of aryl methyl sites for hydroxylation is 1. The van der Waals surface area contributed by atoms with E-state index in [0.29, 0.717) is 17.7 Å². The maximum atomic E-state index is 12.7. The summed E-state index contributed by atoms with van der Waals surface area (Å²) in [6, 6.07) is 12.1. The van der Waals surface area contributed by atoms with E-state index < -0.39 is 0 Å². The Kier molecular flexibility index (Phi) is 4.97. The molecule has 1 aromatic heterocycles. The average molecular weight is 309 g/mol. The predicted octanol–water partition coefficient (Wildman–Crippen LogP) is 2.48. The molecule has 0 saturated carbocycles. The number of benzene rings is 1. The number of rotatable bonds is 4. The smallest absolute Gasteiger partial charge is 0.254 e. The molecule has 0 bridgehead atoms. The molecule has 5 nitrogen and oxygen atoms in total. The first-order valence-corrected chi connectivity index (χ1v) is 7.45. The van der Waals surface area contributed by atoms with Crippen molar-refractivity contribution in [3.63, 3.8) is 0 Å². The highest BCUT2D eigenvalue weighted by Crippen LogP contribution is 2.22. The van der Waals surface area contributed by atoms with Crippen LogP contribution in [0.1, 0.15) is 41.4 Å². The first-order chi connectivity index (χ1) is 11.0. The fourth-order valence-electron chi connectivity index (χ4n) is 2.46. The Morgan fingerprint density at radius 1 is 1.30 bits per heavy atom. The van der Waals surface area contributed by atoms with Gasteiger partial charge in [0.05, 0.1) is 17.7 Å². The Morgan fingerprint density at radius 3 is 2.48 bits per heavy atom. The summed E-state index contributed by atoms with van der Waals surface area (Å²) in [6.07, 6.45) is 1.59. The molecule has 0 saturated heterocycles. The zero-order chi connectivity index (χ0) is 17.0. The summed E-state index contributed by atoms with van der Waals surface area (Å²) in [5.41, 5.74) is 1.71. The highest BCUT2D eigenvalue weighted by atomic mass is 16.2. The van der Waals surface area contributed by atoms with Crippen molar-refractivity contribution in [3.05, 3.63) is 69.6 Å². The van der Waals surface area contributed by atoms with Crippen LogP contribution in [0.15, 0.2) is 47.4 Å². The highest BCUT2D eigenvalue weighted by Gasteiger charge is 2.21. The van der Waals surface area contributed by atoms with Crippen LogP contribution in [0.25, 0.3) is 0 Å². The van der Waals surface area contributed by atoms with Crippen molar-refractivity contribution >= 4 is 5.91 Å². The third-order valence-electron chi connectivity index (χ3n) is 3.94. The minimum Gasteiger partial charge on any atom is -0.332 e. The second-order valence-electron chi connectivity index (χ2n) is 5.37. The summed E-state index contributed by atoms with van der Waals surface area (Å²) in [5.74, 6) is -0.179. The Balaban J connectivity index is 2.29. The second kappa shape index (κ2) is 6.93. The van der Waals surface area contributed by atoms with Crippen LogP contribution in [-0.2, 0) is 7.05 Å². The minimum absolute atomic E-state index is 0.149. The predicted molar refractivity (Wildman–Crippen MR) is 88.0 cm³/mol. The van der Waals surface area contributed by atoms with E-state index in [-0.39, 0.29) is 17.5 Å². The monoisotopic (exact) mass is 309 g/mol. The lowest BCUT2D eigenvalue weighted by Gasteiger charge is -2.28. The topological polar surface area (TPSA) is 66.1 Å². The van der Waals surface area contributed by atoms with Crippen molar-refractivity contribution in [2.24, 2.45) is 7.05 Å². The lowest BCUT2D eigenvalue weighted by atomic mass is 10.0. The van der Waals surface area contributed by atoms with Crippen molar-refractivity contribution in [3.8, 4) is 6.07 Å². The molecule has 2 rings (SSSR count). The molecule has 118 valence electrons. The van der Waals surface area contributed by atoms with Crippen LogP contribution < -0.4 is 5.56 Å². The van der Waals surface area contributed by atoms with Gasteiger partial charge in [0, 0.05) is 31.4 Å². The van der Waals surface area contributed by atoms with Crippen LogP contribution in [0.2, 0.25) is 0 Å². The van der Waals surface area contributed by atoms with Crippen molar-refractivity contribution in [1.29, 1.82) is 5.26 Å². The lowest BCUT2D eigenvalue weighted by Crippen LogP contribution is -2.34. The molecule has 1 heterocycles. The van der Waals surface area contributed by atoms with E-state index in [1.54, 1.807) is 36.3 Å². The molecule has 0 aliphatic rings. The van der Waals surface area contributed by atoms with Crippen molar-refractivity contribution in [2.45, 2.75) is 19.9 Å². The van der Waals surface area contributed by atoms with Gasteiger partial charge in [-0.1, -0.05) is 12.1 Å². The van der Waals surface area contributed by atoms with Crippen molar-refractivity contribution < 1.29 is 4.79 Å². The van der Waals surface area contributed by atoms with Gasteiger partial charge in [-0.3, -0.25) is 9.59 Å². The summed E-state index contributed by atoms with van der Waals surface area (Å²) in [6.45, 7) is 4.36. The molecule has 5 heteroatoms. The summed E-state index contributed by atoms with van der Waals surface area (Å²) >= 11 is 0. The number of carbonyl (C=O) groups excluding carboxylic acids is 1. The van der Waals surface area contributed by atoms with Crippen LogP contribution in [0.4, 0.5) is 0 Å². The summed E-state index contributed by atoms with van der Waals surface area (Å²) in [4.78, 5) is 26.1. The number of aromatic nitrogens is 1. The first-order valence-electron chi connectivity index (χ1n) is 7.45. The number of hydrogen-bond acceptors (Lipinski definition) is 3. The van der Waals surface area contributed by atoms with E-state index in [1.807, 2.05) is 26.0 Å². The zero-order valence-electron chi connectivity index (χ0n) is 13.5. The molecule has 0 fully saturated rings. The fraction of sp³-hybridized carbons (Fsp3) is 0.278. The second-order valence-corrected chi connectivity index (χ2v) is 5.37. The Bertz CT molecular complexity index is 800.